The zero-order valence-corrected chi connectivity index (χ0v) is 23.8. The second-order valence-electron chi connectivity index (χ2n) is 10.9. The molecule has 3 aromatic carbocycles. The fraction of sp³-hybridized carbons (Fsp3) is 0.306. The van der Waals surface area contributed by atoms with Crippen LogP contribution in [0.1, 0.15) is 70.3 Å². The lowest BCUT2D eigenvalue weighted by atomic mass is 9.83. The van der Waals surface area contributed by atoms with E-state index in [0.29, 0.717) is 5.92 Å². The Labute approximate surface area is 229 Å². The fourth-order valence-corrected chi connectivity index (χ4v) is 5.31. The molecule has 2 nitrogen and oxygen atoms in total. The van der Waals surface area contributed by atoms with E-state index in [-0.39, 0.29) is 11.5 Å². The summed E-state index contributed by atoms with van der Waals surface area (Å²) in [6.45, 7) is 13.1. The van der Waals surface area contributed by atoms with Crippen molar-refractivity contribution >= 4 is 16.5 Å². The molecule has 4 aromatic rings. The molecule has 2 unspecified atom stereocenters. The summed E-state index contributed by atoms with van der Waals surface area (Å²) in [6.07, 6.45) is 11.1. The number of nitrogens with one attached hydrogen (secondary N) is 1. The Kier molecular flexibility index (Phi) is 8.84. The maximum Gasteiger partial charge on any atom is 0.0748 e. The number of allylic oxidation sites excluding steroid dienone is 3. The third-order valence-corrected chi connectivity index (χ3v) is 7.24. The Morgan fingerprint density at radius 1 is 0.842 bits per heavy atom. The van der Waals surface area contributed by atoms with Gasteiger partial charge in [0.2, 0.25) is 0 Å². The summed E-state index contributed by atoms with van der Waals surface area (Å²) in [5.41, 5.74) is 7.17. The van der Waals surface area contributed by atoms with E-state index in [1.807, 2.05) is 13.8 Å². The topological polar surface area (TPSA) is 24.9 Å². The number of rotatable bonds is 5. The minimum absolute atomic E-state index is 0.0397. The predicted octanol–water partition coefficient (Wildman–Crippen LogP) is 10.2. The van der Waals surface area contributed by atoms with Gasteiger partial charge >= 0.3 is 0 Å². The minimum atomic E-state index is 0.0397. The predicted molar refractivity (Wildman–Crippen MR) is 166 cm³/mol. The van der Waals surface area contributed by atoms with Crippen LogP contribution in [0.3, 0.4) is 0 Å². The van der Waals surface area contributed by atoms with Crippen molar-refractivity contribution < 1.29 is 0 Å². The van der Waals surface area contributed by atoms with Crippen LogP contribution in [0.5, 0.6) is 0 Å². The highest BCUT2D eigenvalue weighted by Gasteiger charge is 2.27. The van der Waals surface area contributed by atoms with Gasteiger partial charge in [-0.05, 0) is 59.2 Å². The van der Waals surface area contributed by atoms with Gasteiger partial charge in [0.05, 0.1) is 17.4 Å². The van der Waals surface area contributed by atoms with Crippen LogP contribution in [0.2, 0.25) is 0 Å². The van der Waals surface area contributed by atoms with Gasteiger partial charge in [0.1, 0.15) is 0 Å². The molecule has 1 aliphatic carbocycles. The molecule has 196 valence electrons. The monoisotopic (exact) mass is 502 g/mol. The fourth-order valence-electron chi connectivity index (χ4n) is 5.31. The first kappa shape index (κ1) is 27.4. The molecule has 0 saturated heterocycles. The van der Waals surface area contributed by atoms with Crippen molar-refractivity contribution in [3.8, 4) is 11.3 Å². The molecule has 2 atom stereocenters. The smallest absolute Gasteiger partial charge is 0.0748 e. The lowest BCUT2D eigenvalue weighted by Gasteiger charge is -2.31. The number of aromatic nitrogens is 1. The molecule has 0 aliphatic heterocycles. The van der Waals surface area contributed by atoms with Gasteiger partial charge in [-0.1, -0.05) is 126 Å². The summed E-state index contributed by atoms with van der Waals surface area (Å²) < 4.78 is 0. The second kappa shape index (κ2) is 12.3. The molecule has 38 heavy (non-hydrogen) atoms. The van der Waals surface area contributed by atoms with E-state index >= 15 is 0 Å². The zero-order chi connectivity index (χ0) is 27.1. The van der Waals surface area contributed by atoms with Crippen molar-refractivity contribution in [1.82, 2.24) is 4.98 Å². The summed E-state index contributed by atoms with van der Waals surface area (Å²) in [4.78, 5) is 5.30. The molecular weight excluding hydrogens is 460 g/mol. The van der Waals surface area contributed by atoms with E-state index in [9.17, 15) is 0 Å². The maximum atomic E-state index is 5.30. The molecule has 0 amide bonds. The van der Waals surface area contributed by atoms with E-state index < -0.39 is 0 Å². The molecule has 0 saturated carbocycles. The normalized spacial score (nSPS) is 15.9. The number of fused-ring (bicyclic) bond motifs is 1. The Hall–Kier alpha value is -3.65. The van der Waals surface area contributed by atoms with Crippen molar-refractivity contribution in [2.45, 2.75) is 65.8 Å². The molecule has 1 heterocycles. The van der Waals surface area contributed by atoms with E-state index in [0.717, 1.165) is 24.2 Å². The summed E-state index contributed by atoms with van der Waals surface area (Å²) in [7, 11) is 0. The third kappa shape index (κ3) is 6.07. The van der Waals surface area contributed by atoms with Gasteiger partial charge in [-0.2, -0.15) is 0 Å². The van der Waals surface area contributed by atoms with E-state index in [4.69, 9.17) is 4.98 Å². The van der Waals surface area contributed by atoms with Crippen LogP contribution < -0.4 is 5.32 Å². The van der Waals surface area contributed by atoms with Gasteiger partial charge in [-0.15, -0.1) is 0 Å². The van der Waals surface area contributed by atoms with Crippen molar-refractivity contribution in [3.63, 3.8) is 0 Å². The molecule has 1 aliphatic rings. The van der Waals surface area contributed by atoms with Crippen molar-refractivity contribution in [1.29, 1.82) is 0 Å². The highest BCUT2D eigenvalue weighted by Crippen LogP contribution is 2.38. The first-order valence-electron chi connectivity index (χ1n) is 14.1. The van der Waals surface area contributed by atoms with Crippen LogP contribution in [-0.2, 0) is 5.41 Å². The Bertz CT molecular complexity index is 1420. The molecule has 1 aromatic heterocycles. The number of para-hydroxylation sites is 1. The number of benzene rings is 3. The molecule has 5 rings (SSSR count). The van der Waals surface area contributed by atoms with Crippen LogP contribution in [0.25, 0.3) is 22.0 Å². The highest BCUT2D eigenvalue weighted by molar-refractivity contribution is 5.95. The average molecular weight is 503 g/mol. The Morgan fingerprint density at radius 3 is 2.39 bits per heavy atom. The van der Waals surface area contributed by atoms with Crippen LogP contribution in [0, 0.1) is 12.8 Å². The standard InChI is InChI=1S/C34H36N2.C2H6/c1-24-14-11-21-29(34(2,3)4)32(24)36-33(26-16-7-5-6-8-17-26)31-23-13-22-30(35-31)28-20-12-18-25-15-9-10-19-27(25)28;1-2/h5-7,9-16,18-23,26,33,36H,8,17H2,1-4H3;1-2H3. The number of pyridine rings is 1. The molecule has 0 bridgehead atoms. The number of hydrogen-bond acceptors (Lipinski definition) is 2. The number of hydrogen-bond donors (Lipinski definition) is 1. The lowest BCUT2D eigenvalue weighted by molar-refractivity contribution is 0.507. The van der Waals surface area contributed by atoms with Crippen molar-refractivity contribution in [2.75, 3.05) is 5.32 Å². The summed E-state index contributed by atoms with van der Waals surface area (Å²) in [5.74, 6) is 0.336. The van der Waals surface area contributed by atoms with Gasteiger partial charge < -0.3 is 5.32 Å². The lowest BCUT2D eigenvalue weighted by Crippen LogP contribution is -2.24. The molecule has 0 fully saturated rings. The van der Waals surface area contributed by atoms with Crippen LogP contribution >= 0.6 is 0 Å². The van der Waals surface area contributed by atoms with E-state index in [1.165, 1.54) is 33.2 Å². The Balaban J connectivity index is 0.00000164. The van der Waals surface area contributed by atoms with Gasteiger partial charge in [0.25, 0.3) is 0 Å². The molecule has 0 spiro atoms. The van der Waals surface area contributed by atoms with Gasteiger partial charge in [-0.3, -0.25) is 4.98 Å². The molecule has 1 N–H and O–H groups in total. The molecular formula is C36H42N2. The zero-order valence-electron chi connectivity index (χ0n) is 23.8. The number of anilines is 1. The number of nitrogens with zero attached hydrogens (tertiary/aromatic N) is 1. The summed E-state index contributed by atoms with van der Waals surface area (Å²) >= 11 is 0. The summed E-state index contributed by atoms with van der Waals surface area (Å²) in [5, 5.41) is 6.49. The first-order valence-corrected chi connectivity index (χ1v) is 14.1. The third-order valence-electron chi connectivity index (χ3n) is 7.24. The summed E-state index contributed by atoms with van der Waals surface area (Å²) in [6, 6.07) is 28.2. The van der Waals surface area contributed by atoms with E-state index in [2.05, 4.69) is 136 Å². The van der Waals surface area contributed by atoms with Crippen LogP contribution in [0.4, 0.5) is 5.69 Å². The second-order valence-corrected chi connectivity index (χ2v) is 10.9. The average Bonchev–Trinajstić information content (AvgIpc) is 3.22. The quantitative estimate of drug-likeness (QED) is 0.293. The molecule has 0 radical (unpaired) electrons. The molecule has 2 heteroatoms. The van der Waals surface area contributed by atoms with Crippen LogP contribution in [-0.4, -0.2) is 4.98 Å². The Morgan fingerprint density at radius 2 is 1.58 bits per heavy atom. The highest BCUT2D eigenvalue weighted by atomic mass is 15.0. The van der Waals surface area contributed by atoms with Gasteiger partial charge in [-0.25, -0.2) is 0 Å². The minimum Gasteiger partial charge on any atom is -0.376 e. The maximum absolute atomic E-state index is 5.30. The van der Waals surface area contributed by atoms with E-state index in [1.54, 1.807) is 0 Å². The van der Waals surface area contributed by atoms with Crippen molar-refractivity contribution in [3.05, 3.63) is 120 Å². The number of aryl methyl sites for hydroxylation is 1. The van der Waals surface area contributed by atoms with Gasteiger partial charge in [0.15, 0.2) is 0 Å². The SMILES string of the molecule is CC.Cc1cccc(C(C)(C)C)c1NC(c1cccc(-c2cccc3ccccc23)n1)C1C=CC=CCC1. The first-order chi connectivity index (χ1) is 18.4. The van der Waals surface area contributed by atoms with Crippen LogP contribution in [0.15, 0.2) is 103 Å². The van der Waals surface area contributed by atoms with Gasteiger partial charge in [0, 0.05) is 17.2 Å². The largest absolute Gasteiger partial charge is 0.376 e. The van der Waals surface area contributed by atoms with Crippen molar-refractivity contribution in [2.24, 2.45) is 5.92 Å².